The van der Waals surface area contributed by atoms with Gasteiger partial charge in [0.25, 0.3) is 0 Å². The minimum atomic E-state index is -1.17. The van der Waals surface area contributed by atoms with Gasteiger partial charge in [0.2, 0.25) is 0 Å². The summed E-state index contributed by atoms with van der Waals surface area (Å²) in [6.45, 7) is 5.01. The van der Waals surface area contributed by atoms with Crippen LogP contribution in [0, 0.1) is 11.2 Å². The molecular weight excluding hydrogens is 322 g/mol. The molecule has 116 valence electrons. The van der Waals surface area contributed by atoms with Gasteiger partial charge < -0.3 is 15.7 Å². The quantitative estimate of drug-likeness (QED) is 0.786. The highest BCUT2D eigenvalue weighted by atomic mass is 35.5. The average molecular weight is 337 g/mol. The Morgan fingerprint density at radius 2 is 1.71 bits per heavy atom. The van der Waals surface area contributed by atoms with Gasteiger partial charge in [0.05, 0.1) is 15.7 Å². The number of aliphatic carboxylic acids is 1. The third kappa shape index (κ3) is 4.75. The molecule has 0 aliphatic rings. The smallest absolute Gasteiger partial charge is 0.326 e. The van der Waals surface area contributed by atoms with E-state index in [0.29, 0.717) is 0 Å². The van der Waals surface area contributed by atoms with Crippen molar-refractivity contribution in [3.05, 3.63) is 28.0 Å². The van der Waals surface area contributed by atoms with Gasteiger partial charge in [-0.25, -0.2) is 14.0 Å². The van der Waals surface area contributed by atoms with Crippen LogP contribution in [-0.2, 0) is 4.79 Å². The number of rotatable bonds is 3. The monoisotopic (exact) mass is 336 g/mol. The number of amides is 2. The number of benzene rings is 1. The van der Waals surface area contributed by atoms with Crippen molar-refractivity contribution in [3.8, 4) is 0 Å². The first kappa shape index (κ1) is 17.5. The summed E-state index contributed by atoms with van der Waals surface area (Å²) in [6, 6.07) is 0.0615. The molecule has 0 fully saturated rings. The molecule has 1 unspecified atom stereocenters. The molecule has 0 aliphatic heterocycles. The molecule has 3 N–H and O–H groups in total. The van der Waals surface area contributed by atoms with E-state index < -0.39 is 29.3 Å². The van der Waals surface area contributed by atoms with Crippen LogP contribution in [-0.4, -0.2) is 23.1 Å². The molecule has 1 rings (SSSR count). The van der Waals surface area contributed by atoms with Crippen LogP contribution < -0.4 is 10.6 Å². The maximum absolute atomic E-state index is 13.0. The van der Waals surface area contributed by atoms with Crippen LogP contribution in [0.4, 0.5) is 14.9 Å². The second-order valence-electron chi connectivity index (χ2n) is 5.48. The first-order valence-corrected chi connectivity index (χ1v) is 6.73. The summed E-state index contributed by atoms with van der Waals surface area (Å²) in [7, 11) is 0. The van der Waals surface area contributed by atoms with Crippen molar-refractivity contribution in [2.45, 2.75) is 26.8 Å². The first-order valence-electron chi connectivity index (χ1n) is 5.97. The highest BCUT2D eigenvalue weighted by molar-refractivity contribution is 6.39. The van der Waals surface area contributed by atoms with Gasteiger partial charge in [-0.15, -0.1) is 0 Å². The van der Waals surface area contributed by atoms with E-state index >= 15 is 0 Å². The molecule has 0 heterocycles. The van der Waals surface area contributed by atoms with Gasteiger partial charge in [0.15, 0.2) is 0 Å². The molecule has 21 heavy (non-hydrogen) atoms. The minimum Gasteiger partial charge on any atom is -0.480 e. The van der Waals surface area contributed by atoms with E-state index in [1.54, 1.807) is 20.8 Å². The predicted molar refractivity (Wildman–Crippen MR) is 79.5 cm³/mol. The van der Waals surface area contributed by atoms with Gasteiger partial charge in [-0.05, 0) is 17.5 Å². The maximum atomic E-state index is 13.0. The van der Waals surface area contributed by atoms with Crippen molar-refractivity contribution >= 4 is 40.9 Å². The second kappa shape index (κ2) is 6.49. The number of urea groups is 1. The number of anilines is 1. The summed E-state index contributed by atoms with van der Waals surface area (Å²) in [4.78, 5) is 23.0. The van der Waals surface area contributed by atoms with Gasteiger partial charge in [0, 0.05) is 0 Å². The predicted octanol–water partition coefficient (Wildman–Crippen LogP) is 3.75. The van der Waals surface area contributed by atoms with Crippen LogP contribution in [0.1, 0.15) is 20.8 Å². The van der Waals surface area contributed by atoms with Gasteiger partial charge >= 0.3 is 12.0 Å². The van der Waals surface area contributed by atoms with E-state index in [1.165, 1.54) is 0 Å². The lowest BCUT2D eigenvalue weighted by molar-refractivity contribution is -0.141. The molecule has 0 radical (unpaired) electrons. The van der Waals surface area contributed by atoms with Gasteiger partial charge in [-0.1, -0.05) is 44.0 Å². The van der Waals surface area contributed by atoms with Crippen molar-refractivity contribution in [1.29, 1.82) is 0 Å². The number of carbonyl (C=O) groups is 2. The van der Waals surface area contributed by atoms with E-state index in [9.17, 15) is 14.0 Å². The van der Waals surface area contributed by atoms with Crippen LogP contribution in [0.3, 0.4) is 0 Å². The van der Waals surface area contributed by atoms with Crippen molar-refractivity contribution in [1.82, 2.24) is 5.32 Å². The summed E-state index contributed by atoms with van der Waals surface area (Å²) >= 11 is 11.6. The fourth-order valence-electron chi connectivity index (χ4n) is 1.59. The standard InChI is InChI=1S/C13H15Cl2FN2O3/c1-13(2,3)10(11(19)20)18-12(21)17-9-7(14)4-6(16)5-8(9)15/h4-5,10H,1-3H3,(H,19,20)(H2,17,18,21). The number of hydrogen-bond donors (Lipinski definition) is 3. The molecule has 1 atom stereocenters. The molecule has 0 saturated carbocycles. The molecule has 0 spiro atoms. The zero-order chi connectivity index (χ0) is 16.4. The lowest BCUT2D eigenvalue weighted by atomic mass is 9.87. The van der Waals surface area contributed by atoms with Crippen molar-refractivity contribution in [2.75, 3.05) is 5.32 Å². The molecular formula is C13H15Cl2FN2O3. The third-order valence-corrected chi connectivity index (χ3v) is 3.23. The summed E-state index contributed by atoms with van der Waals surface area (Å²) in [5.74, 6) is -1.82. The van der Waals surface area contributed by atoms with Crippen LogP contribution in [0.5, 0.6) is 0 Å². The Morgan fingerprint density at radius 1 is 1.24 bits per heavy atom. The summed E-state index contributed by atoms with van der Waals surface area (Å²) in [6.07, 6.45) is 0. The molecule has 0 aliphatic carbocycles. The fraction of sp³-hybridized carbons (Fsp3) is 0.385. The Labute approximate surface area is 131 Å². The third-order valence-electron chi connectivity index (χ3n) is 2.63. The molecule has 1 aromatic carbocycles. The highest BCUT2D eigenvalue weighted by Gasteiger charge is 2.32. The minimum absolute atomic E-state index is 0.00952. The molecule has 0 bridgehead atoms. The first-order chi connectivity index (χ1) is 9.52. The van der Waals surface area contributed by atoms with E-state index in [-0.39, 0.29) is 15.7 Å². The van der Waals surface area contributed by atoms with Crippen LogP contribution in [0.2, 0.25) is 10.0 Å². The van der Waals surface area contributed by atoms with Gasteiger partial charge in [-0.2, -0.15) is 0 Å². The van der Waals surface area contributed by atoms with Crippen molar-refractivity contribution in [2.24, 2.45) is 5.41 Å². The Kier molecular flexibility index (Phi) is 5.42. The van der Waals surface area contributed by atoms with Crippen molar-refractivity contribution < 1.29 is 19.1 Å². The molecule has 0 saturated heterocycles. The maximum Gasteiger partial charge on any atom is 0.326 e. The van der Waals surface area contributed by atoms with Crippen LogP contribution >= 0.6 is 23.2 Å². The van der Waals surface area contributed by atoms with E-state index in [1.807, 2.05) is 0 Å². The molecule has 5 nitrogen and oxygen atoms in total. The Balaban J connectivity index is 2.90. The average Bonchev–Trinajstić information content (AvgIpc) is 2.28. The zero-order valence-electron chi connectivity index (χ0n) is 11.6. The molecule has 0 aromatic heterocycles. The normalized spacial score (nSPS) is 12.7. The molecule has 8 heteroatoms. The fourth-order valence-corrected chi connectivity index (χ4v) is 2.15. The van der Waals surface area contributed by atoms with Crippen LogP contribution in [0.15, 0.2) is 12.1 Å². The Bertz CT molecular complexity index is 550. The van der Waals surface area contributed by atoms with E-state index in [4.69, 9.17) is 28.3 Å². The summed E-state index contributed by atoms with van der Waals surface area (Å²) in [5, 5.41) is 13.6. The SMILES string of the molecule is CC(C)(C)C(NC(=O)Nc1c(Cl)cc(F)cc1Cl)C(=O)O. The molecule has 1 aromatic rings. The van der Waals surface area contributed by atoms with E-state index in [2.05, 4.69) is 10.6 Å². The molecule has 2 amide bonds. The van der Waals surface area contributed by atoms with Crippen LogP contribution in [0.25, 0.3) is 0 Å². The number of nitrogens with one attached hydrogen (secondary N) is 2. The summed E-state index contributed by atoms with van der Waals surface area (Å²) in [5.41, 5.74) is -0.685. The number of hydrogen-bond acceptors (Lipinski definition) is 2. The number of carbonyl (C=O) groups excluding carboxylic acids is 1. The zero-order valence-corrected chi connectivity index (χ0v) is 13.1. The number of carboxylic acid groups (broad SMARTS) is 1. The highest BCUT2D eigenvalue weighted by Crippen LogP contribution is 2.31. The second-order valence-corrected chi connectivity index (χ2v) is 6.29. The van der Waals surface area contributed by atoms with Crippen molar-refractivity contribution in [3.63, 3.8) is 0 Å². The lowest BCUT2D eigenvalue weighted by Crippen LogP contribution is -2.50. The topological polar surface area (TPSA) is 78.4 Å². The van der Waals surface area contributed by atoms with Gasteiger partial charge in [0.1, 0.15) is 11.9 Å². The lowest BCUT2D eigenvalue weighted by Gasteiger charge is -2.27. The Morgan fingerprint density at radius 3 is 2.10 bits per heavy atom. The Hall–Kier alpha value is -1.53. The number of halogens is 3. The number of carboxylic acids is 1. The van der Waals surface area contributed by atoms with Gasteiger partial charge in [-0.3, -0.25) is 0 Å². The van der Waals surface area contributed by atoms with E-state index in [0.717, 1.165) is 12.1 Å². The largest absolute Gasteiger partial charge is 0.480 e. The summed E-state index contributed by atoms with van der Waals surface area (Å²) < 4.78 is 13.0.